The average molecular weight is 362 g/mol. The third-order valence-electron chi connectivity index (χ3n) is 3.26. The van der Waals surface area contributed by atoms with Crippen molar-refractivity contribution in [1.29, 1.82) is 0 Å². The van der Waals surface area contributed by atoms with Crippen molar-refractivity contribution < 1.29 is 9.18 Å². The van der Waals surface area contributed by atoms with Crippen molar-refractivity contribution in [2.24, 2.45) is 5.92 Å². The van der Waals surface area contributed by atoms with Crippen LogP contribution in [-0.2, 0) is 4.79 Å². The number of piperidine rings is 1. The summed E-state index contributed by atoms with van der Waals surface area (Å²) in [6, 6.07) is 4.53. The first-order chi connectivity index (χ1) is 8.59. The molecule has 3 nitrogen and oxygen atoms in total. The molecule has 2 unspecified atom stereocenters. The number of hydrogen-bond acceptors (Lipinski definition) is 2. The predicted octanol–water partition coefficient (Wildman–Crippen LogP) is 2.76. The second-order valence-corrected chi connectivity index (χ2v) is 5.72. The van der Waals surface area contributed by atoms with Crippen LogP contribution in [-0.4, -0.2) is 18.5 Å². The maximum absolute atomic E-state index is 13.4. The Kier molecular flexibility index (Phi) is 4.55. The molecule has 0 saturated carbocycles. The van der Waals surface area contributed by atoms with Gasteiger partial charge in [0.1, 0.15) is 5.82 Å². The van der Waals surface area contributed by atoms with E-state index >= 15 is 0 Å². The van der Waals surface area contributed by atoms with Gasteiger partial charge in [-0.05, 0) is 60.0 Å². The molecule has 98 valence electrons. The van der Waals surface area contributed by atoms with E-state index in [4.69, 9.17) is 0 Å². The van der Waals surface area contributed by atoms with Gasteiger partial charge in [0, 0.05) is 0 Å². The topological polar surface area (TPSA) is 41.1 Å². The molecule has 2 N–H and O–H groups in total. The lowest BCUT2D eigenvalue weighted by atomic mass is 9.92. The van der Waals surface area contributed by atoms with Crippen molar-refractivity contribution in [1.82, 2.24) is 5.32 Å². The van der Waals surface area contributed by atoms with Gasteiger partial charge in [0.25, 0.3) is 0 Å². The number of halogens is 2. The van der Waals surface area contributed by atoms with Gasteiger partial charge < -0.3 is 10.6 Å². The molecule has 2 atom stereocenters. The van der Waals surface area contributed by atoms with Crippen molar-refractivity contribution in [3.05, 3.63) is 27.6 Å². The smallest absolute Gasteiger partial charge is 0.241 e. The Balaban J connectivity index is 2.09. The van der Waals surface area contributed by atoms with Gasteiger partial charge in [-0.3, -0.25) is 4.79 Å². The molecule has 0 aromatic heterocycles. The monoisotopic (exact) mass is 362 g/mol. The SMILES string of the molecule is CC1CCCNC1C(=O)Nc1cccc(F)c1I. The maximum Gasteiger partial charge on any atom is 0.241 e. The van der Waals surface area contributed by atoms with Crippen molar-refractivity contribution in [3.63, 3.8) is 0 Å². The number of rotatable bonds is 2. The van der Waals surface area contributed by atoms with Crippen molar-refractivity contribution in [2.75, 3.05) is 11.9 Å². The van der Waals surface area contributed by atoms with Crippen molar-refractivity contribution in [2.45, 2.75) is 25.8 Å². The summed E-state index contributed by atoms with van der Waals surface area (Å²) in [5.41, 5.74) is 0.542. The summed E-state index contributed by atoms with van der Waals surface area (Å²) in [4.78, 5) is 12.1. The molecule has 5 heteroatoms. The van der Waals surface area contributed by atoms with Crippen LogP contribution in [0.15, 0.2) is 18.2 Å². The zero-order valence-corrected chi connectivity index (χ0v) is 12.3. The van der Waals surface area contributed by atoms with Gasteiger partial charge in [-0.15, -0.1) is 0 Å². The highest BCUT2D eigenvalue weighted by molar-refractivity contribution is 14.1. The molecule has 1 aromatic carbocycles. The number of carbonyl (C=O) groups is 1. The van der Waals surface area contributed by atoms with E-state index in [9.17, 15) is 9.18 Å². The first-order valence-corrected chi connectivity index (χ1v) is 7.15. The lowest BCUT2D eigenvalue weighted by Crippen LogP contribution is -2.48. The summed E-state index contributed by atoms with van der Waals surface area (Å²) in [6.45, 7) is 2.93. The van der Waals surface area contributed by atoms with E-state index in [1.807, 2.05) is 22.6 Å². The second kappa shape index (κ2) is 5.97. The van der Waals surface area contributed by atoms with Gasteiger partial charge in [0.05, 0.1) is 15.3 Å². The summed E-state index contributed by atoms with van der Waals surface area (Å²) >= 11 is 1.90. The molecular weight excluding hydrogens is 346 g/mol. The van der Waals surface area contributed by atoms with Gasteiger partial charge >= 0.3 is 0 Å². The fourth-order valence-electron chi connectivity index (χ4n) is 2.21. The van der Waals surface area contributed by atoms with Crippen molar-refractivity contribution >= 4 is 34.2 Å². The van der Waals surface area contributed by atoms with E-state index in [-0.39, 0.29) is 17.8 Å². The Hall–Kier alpha value is -0.690. The molecule has 0 aliphatic carbocycles. The number of carbonyl (C=O) groups excluding carboxylic acids is 1. The molecule has 1 aromatic rings. The average Bonchev–Trinajstić information content (AvgIpc) is 2.35. The van der Waals surface area contributed by atoms with Crippen LogP contribution in [0.4, 0.5) is 10.1 Å². The normalized spacial score (nSPS) is 23.7. The van der Waals surface area contributed by atoms with E-state index in [0.717, 1.165) is 19.4 Å². The van der Waals surface area contributed by atoms with Gasteiger partial charge in [-0.1, -0.05) is 13.0 Å². The van der Waals surface area contributed by atoms with Crippen LogP contribution in [0.5, 0.6) is 0 Å². The van der Waals surface area contributed by atoms with Gasteiger partial charge in [-0.2, -0.15) is 0 Å². The molecule has 1 aliphatic heterocycles. The lowest BCUT2D eigenvalue weighted by Gasteiger charge is -2.29. The Morgan fingerprint density at radius 3 is 3.06 bits per heavy atom. The molecule has 1 aliphatic rings. The third kappa shape index (κ3) is 3.00. The molecule has 1 saturated heterocycles. The highest BCUT2D eigenvalue weighted by Crippen LogP contribution is 2.22. The van der Waals surface area contributed by atoms with Crippen LogP contribution in [0, 0.1) is 15.3 Å². The highest BCUT2D eigenvalue weighted by Gasteiger charge is 2.27. The fraction of sp³-hybridized carbons (Fsp3) is 0.462. The third-order valence-corrected chi connectivity index (χ3v) is 4.36. The summed E-state index contributed by atoms with van der Waals surface area (Å²) in [5, 5.41) is 6.02. The molecule has 1 amide bonds. The molecule has 1 heterocycles. The highest BCUT2D eigenvalue weighted by atomic mass is 127. The largest absolute Gasteiger partial charge is 0.324 e. The zero-order valence-electron chi connectivity index (χ0n) is 10.2. The van der Waals surface area contributed by atoms with Gasteiger partial charge in [-0.25, -0.2) is 4.39 Å². The summed E-state index contributed by atoms with van der Waals surface area (Å²) in [7, 11) is 0. The molecule has 1 fully saturated rings. The first kappa shape index (κ1) is 13.7. The quantitative estimate of drug-likeness (QED) is 0.795. The lowest BCUT2D eigenvalue weighted by molar-refractivity contribution is -0.119. The van der Waals surface area contributed by atoms with Crippen LogP contribution in [0.3, 0.4) is 0 Å². The summed E-state index contributed by atoms with van der Waals surface area (Å²) in [5.74, 6) is -0.0752. The van der Waals surface area contributed by atoms with E-state index in [1.54, 1.807) is 12.1 Å². The van der Waals surface area contributed by atoms with Gasteiger partial charge in [0.15, 0.2) is 0 Å². The minimum Gasteiger partial charge on any atom is -0.324 e. The van der Waals surface area contributed by atoms with Gasteiger partial charge in [0.2, 0.25) is 5.91 Å². The molecule has 0 bridgehead atoms. The van der Waals surface area contributed by atoms with E-state index in [0.29, 0.717) is 15.2 Å². The number of amides is 1. The molecule has 18 heavy (non-hydrogen) atoms. The second-order valence-electron chi connectivity index (χ2n) is 4.64. The zero-order chi connectivity index (χ0) is 13.1. The van der Waals surface area contributed by atoms with Crippen LogP contribution in [0.2, 0.25) is 0 Å². The van der Waals surface area contributed by atoms with E-state index in [1.165, 1.54) is 6.07 Å². The first-order valence-electron chi connectivity index (χ1n) is 6.08. The number of benzene rings is 1. The Morgan fingerprint density at radius 2 is 2.33 bits per heavy atom. The Labute approximate surface area is 120 Å². The fourth-order valence-corrected chi connectivity index (χ4v) is 2.71. The molecule has 2 rings (SSSR count). The van der Waals surface area contributed by atoms with Crippen LogP contribution >= 0.6 is 22.6 Å². The summed E-state index contributed by atoms with van der Waals surface area (Å²) in [6.07, 6.45) is 2.15. The van der Waals surface area contributed by atoms with E-state index in [2.05, 4.69) is 17.6 Å². The predicted molar refractivity (Wildman–Crippen MR) is 77.9 cm³/mol. The summed E-state index contributed by atoms with van der Waals surface area (Å²) < 4.78 is 13.8. The maximum atomic E-state index is 13.4. The number of hydrogen-bond donors (Lipinski definition) is 2. The van der Waals surface area contributed by atoms with Crippen LogP contribution in [0.25, 0.3) is 0 Å². The molecular formula is C13H16FIN2O. The molecule has 0 radical (unpaired) electrons. The number of anilines is 1. The number of nitrogens with one attached hydrogen (secondary N) is 2. The van der Waals surface area contributed by atoms with Crippen LogP contribution < -0.4 is 10.6 Å². The molecule has 0 spiro atoms. The Bertz CT molecular complexity index is 453. The van der Waals surface area contributed by atoms with Crippen molar-refractivity contribution in [3.8, 4) is 0 Å². The Morgan fingerprint density at radius 1 is 1.56 bits per heavy atom. The van der Waals surface area contributed by atoms with E-state index < -0.39 is 0 Å². The van der Waals surface area contributed by atoms with Crippen LogP contribution in [0.1, 0.15) is 19.8 Å². The minimum absolute atomic E-state index is 0.0780. The standard InChI is InChI=1S/C13H16FIN2O/c1-8-4-3-7-16-12(8)13(18)17-10-6-2-5-9(14)11(10)15/h2,5-6,8,12,16H,3-4,7H2,1H3,(H,17,18). The minimum atomic E-state index is -0.307.